The minimum atomic E-state index is -2.27. The van der Waals surface area contributed by atoms with Crippen molar-refractivity contribution in [2.45, 2.75) is 100.0 Å². The second-order valence-corrected chi connectivity index (χ2v) is 12.2. The van der Waals surface area contributed by atoms with Gasteiger partial charge in [-0.05, 0) is 12.0 Å². The molecule has 0 aromatic heterocycles. The molecular weight excluding hydrogens is 808 g/mol. The molecule has 2 aliphatic heterocycles. The molecule has 4 aliphatic rings. The van der Waals surface area contributed by atoms with Crippen molar-refractivity contribution in [3.8, 4) is 0 Å². The first kappa shape index (κ1) is 51.6. The van der Waals surface area contributed by atoms with Crippen molar-refractivity contribution in [1.82, 2.24) is 5.32 Å². The Hall–Kier alpha value is -5.45. The van der Waals surface area contributed by atoms with Gasteiger partial charge in [0, 0.05) is 12.5 Å². The number of aliphatic hydroxyl groups excluding tert-OH is 6. The van der Waals surface area contributed by atoms with Gasteiger partial charge in [0.25, 0.3) is 0 Å². The molecule has 2 saturated heterocycles. The first-order valence-corrected chi connectivity index (χ1v) is 16.9. The number of carbonyl (C=O) groups is 7. The lowest BCUT2D eigenvalue weighted by atomic mass is 10.2. The van der Waals surface area contributed by atoms with Gasteiger partial charge >= 0.3 is 42.3 Å². The van der Waals surface area contributed by atoms with E-state index in [4.69, 9.17) is 90.0 Å². The van der Waals surface area contributed by atoms with E-state index < -0.39 is 103 Å². The summed E-state index contributed by atoms with van der Waals surface area (Å²) >= 11 is 0. The number of benzene rings is 1. The van der Waals surface area contributed by atoms with E-state index in [9.17, 15) is 33.6 Å². The summed E-state index contributed by atoms with van der Waals surface area (Å²) in [6, 6.07) is 8.59. The molecule has 1 aromatic rings. The number of aliphatic hydroxyl groups is 6. The van der Waals surface area contributed by atoms with Crippen LogP contribution in [0.2, 0.25) is 0 Å². The molecule has 2 heterocycles. The predicted octanol–water partition coefficient (Wildman–Crippen LogP) is -3.64. The molecule has 0 unspecified atom stereocenters. The first-order valence-electron chi connectivity index (χ1n) is 16.9. The smallest absolute Gasteiger partial charge is 0.479 e. The number of alkyl carbamates (subject to hydrolysis) is 1. The maximum Gasteiger partial charge on any atom is 0.509 e. The molecule has 2 saturated carbocycles. The summed E-state index contributed by atoms with van der Waals surface area (Å²) in [4.78, 5) is 73.2. The van der Waals surface area contributed by atoms with E-state index in [1.165, 1.54) is 0 Å². The Morgan fingerprint density at radius 3 is 1.47 bits per heavy atom. The Bertz CT molecular complexity index is 1460. The molecular formula is C33H48N2O24. The van der Waals surface area contributed by atoms with Gasteiger partial charge < -0.3 is 95.3 Å². The maximum atomic E-state index is 12.0. The van der Waals surface area contributed by atoms with Gasteiger partial charge in [-0.15, -0.1) is 0 Å². The summed E-state index contributed by atoms with van der Waals surface area (Å²) in [7, 11) is 0. The normalized spacial score (nSPS) is 26.4. The molecule has 2 aliphatic carbocycles. The third kappa shape index (κ3) is 16.0. The van der Waals surface area contributed by atoms with E-state index in [0.29, 0.717) is 12.8 Å². The minimum Gasteiger partial charge on any atom is -0.479 e. The van der Waals surface area contributed by atoms with Crippen LogP contribution >= 0.6 is 0 Å². The van der Waals surface area contributed by atoms with Crippen LogP contribution in [0.4, 0.5) is 14.4 Å². The van der Waals surface area contributed by atoms with Gasteiger partial charge in [-0.2, -0.15) is 0 Å². The van der Waals surface area contributed by atoms with Crippen LogP contribution in [-0.2, 0) is 58.9 Å². The van der Waals surface area contributed by atoms with Crippen molar-refractivity contribution >= 4 is 42.3 Å². The monoisotopic (exact) mass is 856 g/mol. The molecule has 12 atom stereocenters. The van der Waals surface area contributed by atoms with Crippen molar-refractivity contribution < 1.29 is 118 Å². The van der Waals surface area contributed by atoms with Crippen molar-refractivity contribution in [3.05, 3.63) is 35.9 Å². The van der Waals surface area contributed by atoms with Crippen molar-refractivity contribution in [1.29, 1.82) is 0 Å². The first-order chi connectivity index (χ1) is 27.3. The minimum absolute atomic E-state index is 0. The number of rotatable bonds is 15. The zero-order valence-corrected chi connectivity index (χ0v) is 30.0. The Morgan fingerprint density at radius 1 is 0.661 bits per heavy atom. The molecule has 5 rings (SSSR count). The Kier molecular flexibility index (Phi) is 22.0. The number of nitrogens with two attached hydrogens (primary N) is 1. The molecule has 0 bridgehead atoms. The van der Waals surface area contributed by atoms with Gasteiger partial charge in [0.2, 0.25) is 0 Å². The van der Waals surface area contributed by atoms with Crippen LogP contribution in [0.1, 0.15) is 25.8 Å². The molecule has 59 heavy (non-hydrogen) atoms. The van der Waals surface area contributed by atoms with E-state index in [1.807, 2.05) is 30.3 Å². The third-order valence-electron chi connectivity index (χ3n) is 8.09. The van der Waals surface area contributed by atoms with Crippen molar-refractivity contribution in [2.24, 2.45) is 5.73 Å². The standard InChI is InChI=1S/C16H19NO7.C8H13NO5.2C4H6O6.CH4/c18-6-7-21-12-8-11(13-14(12)24-16(20)23-13)17-15(19)22-9-10-4-2-1-3-5-10;9-4-3-5(12-2-1-10)7-6(4)13-8(11)14-7;2*5-1(3(7)8)2(6)4(9)10;/h1-5,11-14,18H,6-9H2,(H,17,19);4-7,10H,1-3,9H2;2*1-2,5-6H,(H,7,8)(H,9,10);1H4/t11-,12+,13+,14-;4-,5+,6+,7-;2*1-,2-;/m1111./s1. The number of nitrogens with one attached hydrogen (secondary N) is 1. The summed E-state index contributed by atoms with van der Waals surface area (Å²) < 4.78 is 35.9. The number of hydrogen-bond donors (Lipinski definition) is 12. The van der Waals surface area contributed by atoms with Gasteiger partial charge in [0.05, 0.1) is 32.5 Å². The fraction of sp³-hybridized carbons (Fsp3) is 0.606. The zero-order valence-electron chi connectivity index (χ0n) is 30.0. The number of hydrogen-bond acceptors (Lipinski definition) is 21. The van der Waals surface area contributed by atoms with Crippen LogP contribution in [0.15, 0.2) is 30.3 Å². The summed E-state index contributed by atoms with van der Waals surface area (Å²) in [6.07, 6.45) is -12.9. The number of carboxylic acid groups (broad SMARTS) is 4. The van der Waals surface area contributed by atoms with E-state index in [0.717, 1.165) is 5.56 Å². The number of ether oxygens (including phenoxy) is 7. The number of amides is 1. The van der Waals surface area contributed by atoms with Gasteiger partial charge in [0.1, 0.15) is 18.8 Å². The molecule has 0 radical (unpaired) electrons. The number of carboxylic acids is 4. The van der Waals surface area contributed by atoms with Crippen LogP contribution in [0.25, 0.3) is 0 Å². The molecule has 26 nitrogen and oxygen atoms in total. The van der Waals surface area contributed by atoms with Crippen molar-refractivity contribution in [2.75, 3.05) is 26.4 Å². The highest BCUT2D eigenvalue weighted by Crippen LogP contribution is 2.34. The third-order valence-corrected chi connectivity index (χ3v) is 8.09. The average Bonchev–Trinajstić information content (AvgIpc) is 3.93. The lowest BCUT2D eigenvalue weighted by Crippen LogP contribution is -2.42. The van der Waals surface area contributed by atoms with Gasteiger partial charge in [0.15, 0.2) is 48.8 Å². The summed E-state index contributed by atoms with van der Waals surface area (Å²) in [5.41, 5.74) is 6.62. The van der Waals surface area contributed by atoms with E-state index in [2.05, 4.69) is 5.32 Å². The van der Waals surface area contributed by atoms with Crippen LogP contribution in [0, 0.1) is 0 Å². The lowest BCUT2D eigenvalue weighted by molar-refractivity contribution is -0.165. The number of fused-ring (bicyclic) bond motifs is 2. The van der Waals surface area contributed by atoms with Crippen LogP contribution in [-0.4, -0.2) is 193 Å². The van der Waals surface area contributed by atoms with Gasteiger partial charge in [-0.1, -0.05) is 37.8 Å². The van der Waals surface area contributed by atoms with Crippen LogP contribution in [0.3, 0.4) is 0 Å². The van der Waals surface area contributed by atoms with Crippen LogP contribution in [0.5, 0.6) is 0 Å². The van der Waals surface area contributed by atoms with Gasteiger partial charge in [-0.3, -0.25) is 0 Å². The largest absolute Gasteiger partial charge is 0.509 e. The molecule has 13 N–H and O–H groups in total. The summed E-state index contributed by atoms with van der Waals surface area (Å²) in [5.74, 6) is -7.07. The number of carbonyl (C=O) groups excluding carboxylic acids is 3. The predicted molar refractivity (Wildman–Crippen MR) is 186 cm³/mol. The van der Waals surface area contributed by atoms with E-state index in [1.54, 1.807) is 0 Å². The Balaban J connectivity index is 0.000000426. The fourth-order valence-corrected chi connectivity index (χ4v) is 5.37. The summed E-state index contributed by atoms with van der Waals surface area (Å²) in [6.45, 7) is 0.292. The second-order valence-electron chi connectivity index (χ2n) is 12.2. The molecule has 334 valence electrons. The zero-order chi connectivity index (χ0) is 43.7. The second kappa shape index (κ2) is 25.1. The van der Waals surface area contributed by atoms with E-state index in [-0.39, 0.29) is 52.6 Å². The lowest BCUT2D eigenvalue weighted by Gasteiger charge is -2.16. The maximum absolute atomic E-state index is 12.0. The summed E-state index contributed by atoms with van der Waals surface area (Å²) in [5, 5.41) is 85.2. The fourth-order valence-electron chi connectivity index (χ4n) is 5.37. The highest BCUT2D eigenvalue weighted by Gasteiger charge is 2.54. The highest BCUT2D eigenvalue weighted by molar-refractivity contribution is 5.83. The highest BCUT2D eigenvalue weighted by atomic mass is 16.8. The SMILES string of the molecule is C.N[C@@H]1C[C@H](OCCO)[C@H]2OC(=O)O[C@H]21.O=C(N[C@@H]1C[C@H](OCCO)[C@H]2OC(=O)O[C@H]21)OCc1ccccc1.O=C(O)[C@H](O)[C@@H](O)C(=O)O.O=C(O)[C@H](O)[C@@H](O)C(=O)O. The Morgan fingerprint density at radius 2 is 1.05 bits per heavy atom. The quantitative estimate of drug-likeness (QED) is 0.0598. The topological polar surface area (TPSA) is 424 Å². The molecule has 26 heteroatoms. The van der Waals surface area contributed by atoms with E-state index >= 15 is 0 Å². The van der Waals surface area contributed by atoms with Gasteiger partial charge in [-0.25, -0.2) is 33.6 Å². The number of aliphatic carboxylic acids is 4. The average molecular weight is 857 g/mol. The molecule has 1 aromatic carbocycles. The van der Waals surface area contributed by atoms with Crippen molar-refractivity contribution in [3.63, 3.8) is 0 Å². The Labute approximate surface area is 333 Å². The van der Waals surface area contributed by atoms with Crippen LogP contribution < -0.4 is 11.1 Å². The molecule has 1 amide bonds. The molecule has 4 fully saturated rings. The molecule has 0 spiro atoms.